The fraction of sp³-hybridized carbons (Fsp3) is 0.353. The fourth-order valence-corrected chi connectivity index (χ4v) is 3.07. The smallest absolute Gasteiger partial charge is 0.269 e. The molecule has 1 amide bonds. The highest BCUT2D eigenvalue weighted by Crippen LogP contribution is 2.29. The molecule has 128 valence electrons. The molecule has 0 radical (unpaired) electrons. The molecule has 3 rings (SSSR count). The van der Waals surface area contributed by atoms with Crippen LogP contribution in [-0.2, 0) is 11.3 Å². The van der Waals surface area contributed by atoms with E-state index in [1.54, 1.807) is 24.5 Å². The Balaban J connectivity index is 1.66. The Labute approximate surface area is 144 Å². The van der Waals surface area contributed by atoms with Gasteiger partial charge in [-0.25, -0.2) is 0 Å². The van der Waals surface area contributed by atoms with Gasteiger partial charge < -0.3 is 5.32 Å². The number of nitro benzene ring substituents is 1. The van der Waals surface area contributed by atoms with Crippen molar-refractivity contribution in [2.24, 2.45) is 0 Å². The highest BCUT2D eigenvalue weighted by atomic mass is 16.6. The molecular weight excluding hydrogens is 322 g/mol. The topological polar surface area (TPSA) is 114 Å². The third-order valence-electron chi connectivity index (χ3n) is 4.40. The fourth-order valence-electron chi connectivity index (χ4n) is 3.07. The van der Waals surface area contributed by atoms with Gasteiger partial charge in [0.05, 0.1) is 17.2 Å². The summed E-state index contributed by atoms with van der Waals surface area (Å²) < 4.78 is 1.49. The van der Waals surface area contributed by atoms with Gasteiger partial charge in [-0.3, -0.25) is 19.6 Å². The molecule has 1 fully saturated rings. The van der Waals surface area contributed by atoms with Crippen LogP contribution in [0.2, 0.25) is 0 Å². The molecule has 0 bridgehead atoms. The quantitative estimate of drug-likeness (QED) is 0.663. The van der Waals surface area contributed by atoms with Crippen molar-refractivity contribution in [3.8, 4) is 17.2 Å². The van der Waals surface area contributed by atoms with E-state index in [1.165, 1.54) is 16.8 Å². The van der Waals surface area contributed by atoms with Crippen molar-refractivity contribution in [3.63, 3.8) is 0 Å². The Morgan fingerprint density at radius 3 is 2.60 bits per heavy atom. The summed E-state index contributed by atoms with van der Waals surface area (Å²) >= 11 is 0. The second-order valence-corrected chi connectivity index (χ2v) is 6.18. The summed E-state index contributed by atoms with van der Waals surface area (Å²) in [6.45, 7) is 0.0242. The lowest BCUT2D eigenvalue weighted by molar-refractivity contribution is -0.384. The predicted molar refractivity (Wildman–Crippen MR) is 89.3 cm³/mol. The Morgan fingerprint density at radius 2 is 2.00 bits per heavy atom. The van der Waals surface area contributed by atoms with Gasteiger partial charge >= 0.3 is 0 Å². The summed E-state index contributed by atoms with van der Waals surface area (Å²) in [5, 5.41) is 27.0. The Kier molecular flexibility index (Phi) is 4.48. The van der Waals surface area contributed by atoms with E-state index >= 15 is 0 Å². The first-order valence-corrected chi connectivity index (χ1v) is 8.01. The van der Waals surface area contributed by atoms with E-state index in [0.29, 0.717) is 12.8 Å². The van der Waals surface area contributed by atoms with E-state index in [2.05, 4.69) is 16.5 Å². The summed E-state index contributed by atoms with van der Waals surface area (Å²) in [5.41, 5.74) is 0.819. The normalized spacial score (nSPS) is 15.5. The van der Waals surface area contributed by atoms with Crippen LogP contribution in [0.4, 0.5) is 5.69 Å². The number of amides is 1. The van der Waals surface area contributed by atoms with Crippen LogP contribution in [0.3, 0.4) is 0 Å². The van der Waals surface area contributed by atoms with Gasteiger partial charge in [-0.1, -0.05) is 0 Å². The Morgan fingerprint density at radius 1 is 1.32 bits per heavy atom. The van der Waals surface area contributed by atoms with Crippen molar-refractivity contribution < 1.29 is 9.72 Å². The molecule has 1 N–H and O–H groups in total. The summed E-state index contributed by atoms with van der Waals surface area (Å²) in [4.78, 5) is 22.4. The molecular formula is C17H17N5O3. The minimum atomic E-state index is -0.745. The second kappa shape index (κ2) is 6.73. The SMILES string of the molecule is N#CC1(NC(=O)Cn2cc(-c3ccc([N+](=O)[O-])cc3)cn2)CCCC1. The average molecular weight is 339 g/mol. The van der Waals surface area contributed by atoms with Crippen LogP contribution in [-0.4, -0.2) is 26.1 Å². The maximum atomic E-state index is 12.2. The van der Waals surface area contributed by atoms with Crippen LogP contribution in [0.1, 0.15) is 25.7 Å². The van der Waals surface area contributed by atoms with E-state index in [4.69, 9.17) is 0 Å². The molecule has 0 aliphatic heterocycles. The minimum Gasteiger partial charge on any atom is -0.336 e. The molecule has 1 saturated carbocycles. The lowest BCUT2D eigenvalue weighted by Crippen LogP contribution is -2.46. The molecule has 25 heavy (non-hydrogen) atoms. The number of rotatable bonds is 5. The Bertz CT molecular complexity index is 829. The van der Waals surface area contributed by atoms with Crippen LogP contribution < -0.4 is 5.32 Å². The monoisotopic (exact) mass is 339 g/mol. The van der Waals surface area contributed by atoms with Crippen molar-refractivity contribution in [1.29, 1.82) is 5.26 Å². The summed E-state index contributed by atoms with van der Waals surface area (Å²) in [7, 11) is 0. The molecule has 1 aliphatic carbocycles. The number of carbonyl (C=O) groups is 1. The van der Waals surface area contributed by atoms with Gasteiger partial charge in [-0.15, -0.1) is 0 Å². The van der Waals surface area contributed by atoms with Gasteiger partial charge in [0.2, 0.25) is 5.91 Å². The number of carbonyl (C=O) groups excluding carboxylic acids is 1. The number of hydrogen-bond acceptors (Lipinski definition) is 5. The molecule has 0 spiro atoms. The van der Waals surface area contributed by atoms with Gasteiger partial charge in [-0.2, -0.15) is 10.4 Å². The molecule has 0 saturated heterocycles. The molecule has 0 unspecified atom stereocenters. The molecule has 1 aromatic carbocycles. The summed E-state index contributed by atoms with van der Waals surface area (Å²) in [5.74, 6) is -0.248. The minimum absolute atomic E-state index is 0.0221. The standard InChI is InChI=1S/C17H17N5O3/c18-12-17(7-1-2-8-17)20-16(23)11-21-10-14(9-19-21)13-3-5-15(6-4-13)22(24)25/h3-6,9-10H,1-2,7-8,11H2,(H,20,23). The first-order valence-electron chi connectivity index (χ1n) is 8.01. The molecule has 1 heterocycles. The highest BCUT2D eigenvalue weighted by Gasteiger charge is 2.35. The van der Waals surface area contributed by atoms with Crippen LogP contribution in [0.25, 0.3) is 11.1 Å². The molecule has 8 nitrogen and oxygen atoms in total. The number of hydrogen-bond donors (Lipinski definition) is 1. The number of benzene rings is 1. The molecule has 0 atom stereocenters. The zero-order valence-corrected chi connectivity index (χ0v) is 13.5. The number of non-ortho nitro benzene ring substituents is 1. The van der Waals surface area contributed by atoms with E-state index in [-0.39, 0.29) is 18.1 Å². The number of nitrogens with zero attached hydrogens (tertiary/aromatic N) is 4. The first kappa shape index (κ1) is 16.6. The Hall–Kier alpha value is -3.21. The highest BCUT2D eigenvalue weighted by molar-refractivity contribution is 5.77. The van der Waals surface area contributed by atoms with E-state index < -0.39 is 10.5 Å². The maximum Gasteiger partial charge on any atom is 0.269 e. The van der Waals surface area contributed by atoms with Crippen molar-refractivity contribution in [3.05, 3.63) is 46.8 Å². The van der Waals surface area contributed by atoms with Gasteiger partial charge in [0.25, 0.3) is 5.69 Å². The van der Waals surface area contributed by atoms with Gasteiger partial charge in [0.15, 0.2) is 0 Å². The van der Waals surface area contributed by atoms with Crippen LogP contribution >= 0.6 is 0 Å². The van der Waals surface area contributed by atoms with E-state index in [9.17, 15) is 20.2 Å². The zero-order chi connectivity index (χ0) is 17.9. The van der Waals surface area contributed by atoms with Crippen molar-refractivity contribution >= 4 is 11.6 Å². The predicted octanol–water partition coefficient (Wildman–Crippen LogP) is 2.41. The number of nitriles is 1. The third-order valence-corrected chi connectivity index (χ3v) is 4.40. The zero-order valence-electron chi connectivity index (χ0n) is 13.5. The maximum absolute atomic E-state index is 12.2. The molecule has 2 aromatic rings. The van der Waals surface area contributed by atoms with E-state index in [1.807, 2.05) is 0 Å². The van der Waals surface area contributed by atoms with Crippen LogP contribution in [0.15, 0.2) is 36.7 Å². The number of nitro groups is 1. The molecule has 1 aromatic heterocycles. The summed E-state index contributed by atoms with van der Waals surface area (Å²) in [6, 6.07) is 8.36. The molecule has 8 heteroatoms. The number of aromatic nitrogens is 2. The van der Waals surface area contributed by atoms with Gasteiger partial charge in [0, 0.05) is 23.9 Å². The van der Waals surface area contributed by atoms with Crippen molar-refractivity contribution in [2.45, 2.75) is 37.8 Å². The third kappa shape index (κ3) is 3.66. The van der Waals surface area contributed by atoms with Crippen LogP contribution in [0.5, 0.6) is 0 Å². The average Bonchev–Trinajstić information content (AvgIpc) is 3.25. The largest absolute Gasteiger partial charge is 0.336 e. The first-order chi connectivity index (χ1) is 12.0. The molecule has 1 aliphatic rings. The second-order valence-electron chi connectivity index (χ2n) is 6.18. The summed E-state index contributed by atoms with van der Waals surface area (Å²) in [6.07, 6.45) is 6.56. The van der Waals surface area contributed by atoms with Crippen molar-refractivity contribution in [2.75, 3.05) is 0 Å². The van der Waals surface area contributed by atoms with E-state index in [0.717, 1.165) is 24.0 Å². The van der Waals surface area contributed by atoms with Crippen molar-refractivity contribution in [1.82, 2.24) is 15.1 Å². The van der Waals surface area contributed by atoms with Gasteiger partial charge in [0.1, 0.15) is 12.1 Å². The van der Waals surface area contributed by atoms with Crippen LogP contribution in [0, 0.1) is 21.4 Å². The lowest BCUT2D eigenvalue weighted by atomic mass is 10.00. The number of nitrogens with one attached hydrogen (secondary N) is 1. The van der Waals surface area contributed by atoms with Gasteiger partial charge in [-0.05, 0) is 43.4 Å². The lowest BCUT2D eigenvalue weighted by Gasteiger charge is -2.21.